The SMILES string of the molecule is COc1ccc(COCC2([C@H](O)C[C@H](O)C3=CC(=O)OC3)COC(C)(C)CO2)cc1. The Kier molecular flexibility index (Phi) is 7.15. The van der Waals surface area contributed by atoms with Crippen LogP contribution < -0.4 is 4.74 Å². The van der Waals surface area contributed by atoms with Gasteiger partial charge in [-0.15, -0.1) is 0 Å². The fourth-order valence-corrected chi connectivity index (χ4v) is 3.31. The highest BCUT2D eigenvalue weighted by molar-refractivity contribution is 5.85. The Hall–Kier alpha value is -1.97. The average Bonchev–Trinajstić information content (AvgIpc) is 3.16. The Morgan fingerprint density at radius 2 is 1.87 bits per heavy atom. The summed E-state index contributed by atoms with van der Waals surface area (Å²) in [6.45, 7) is 4.63. The molecule has 0 radical (unpaired) electrons. The molecule has 0 aliphatic carbocycles. The second-order valence-electron chi connectivity index (χ2n) is 8.34. The lowest BCUT2D eigenvalue weighted by Gasteiger charge is -2.46. The van der Waals surface area contributed by atoms with E-state index < -0.39 is 29.4 Å². The number of carbonyl (C=O) groups is 1. The number of aliphatic hydroxyl groups is 2. The van der Waals surface area contributed by atoms with Crippen molar-refractivity contribution in [2.24, 2.45) is 0 Å². The van der Waals surface area contributed by atoms with Crippen LogP contribution in [-0.2, 0) is 30.3 Å². The van der Waals surface area contributed by atoms with Crippen LogP contribution in [0.1, 0.15) is 25.8 Å². The van der Waals surface area contributed by atoms with Crippen LogP contribution in [0.4, 0.5) is 0 Å². The Balaban J connectivity index is 1.64. The number of hydrogen-bond donors (Lipinski definition) is 2. The summed E-state index contributed by atoms with van der Waals surface area (Å²) in [6.07, 6.45) is -0.872. The first-order valence-electron chi connectivity index (χ1n) is 9.95. The molecule has 8 nitrogen and oxygen atoms in total. The van der Waals surface area contributed by atoms with Crippen LogP contribution in [0.5, 0.6) is 5.75 Å². The van der Waals surface area contributed by atoms with E-state index in [1.807, 2.05) is 38.1 Å². The summed E-state index contributed by atoms with van der Waals surface area (Å²) in [6, 6.07) is 7.50. The van der Waals surface area contributed by atoms with Gasteiger partial charge in [-0.05, 0) is 31.5 Å². The molecule has 0 amide bonds. The minimum atomic E-state index is -1.13. The fourth-order valence-electron chi connectivity index (χ4n) is 3.31. The molecule has 30 heavy (non-hydrogen) atoms. The zero-order valence-corrected chi connectivity index (χ0v) is 17.6. The highest BCUT2D eigenvalue weighted by atomic mass is 16.6. The van der Waals surface area contributed by atoms with Crippen LogP contribution in [0, 0.1) is 0 Å². The van der Waals surface area contributed by atoms with Crippen molar-refractivity contribution >= 4 is 5.97 Å². The molecular formula is C22H30O8. The van der Waals surface area contributed by atoms with Crippen LogP contribution in [0.2, 0.25) is 0 Å². The third-order valence-corrected chi connectivity index (χ3v) is 5.35. The maximum Gasteiger partial charge on any atom is 0.331 e. The molecule has 1 unspecified atom stereocenters. The van der Waals surface area contributed by atoms with E-state index in [0.717, 1.165) is 11.3 Å². The molecule has 0 aromatic heterocycles. The first-order valence-corrected chi connectivity index (χ1v) is 9.95. The van der Waals surface area contributed by atoms with Gasteiger partial charge in [0.2, 0.25) is 0 Å². The first-order chi connectivity index (χ1) is 14.2. The van der Waals surface area contributed by atoms with E-state index in [4.69, 9.17) is 23.7 Å². The van der Waals surface area contributed by atoms with Crippen molar-refractivity contribution in [2.45, 2.75) is 50.3 Å². The molecule has 0 spiro atoms. The molecule has 1 aromatic rings. The van der Waals surface area contributed by atoms with Gasteiger partial charge in [0.15, 0.2) is 0 Å². The molecule has 1 saturated heterocycles. The van der Waals surface area contributed by atoms with E-state index >= 15 is 0 Å². The third kappa shape index (κ3) is 5.59. The highest BCUT2D eigenvalue weighted by Crippen LogP contribution is 2.31. The van der Waals surface area contributed by atoms with E-state index in [9.17, 15) is 15.0 Å². The molecule has 2 N–H and O–H groups in total. The molecule has 166 valence electrons. The molecule has 1 fully saturated rings. The topological polar surface area (TPSA) is 104 Å². The minimum absolute atomic E-state index is 0.0259. The molecule has 1 aromatic carbocycles. The minimum Gasteiger partial charge on any atom is -0.497 e. The van der Waals surface area contributed by atoms with Crippen LogP contribution in [0.3, 0.4) is 0 Å². The van der Waals surface area contributed by atoms with Crippen LogP contribution in [0.15, 0.2) is 35.9 Å². The van der Waals surface area contributed by atoms with Crippen molar-refractivity contribution in [3.8, 4) is 5.75 Å². The van der Waals surface area contributed by atoms with Gasteiger partial charge in [-0.3, -0.25) is 0 Å². The number of aliphatic hydroxyl groups excluding tert-OH is 2. The summed E-state index contributed by atoms with van der Waals surface area (Å²) < 4.78 is 27.8. The van der Waals surface area contributed by atoms with Crippen molar-refractivity contribution in [3.63, 3.8) is 0 Å². The normalized spacial score (nSPS) is 25.4. The van der Waals surface area contributed by atoms with Gasteiger partial charge in [0.05, 0.1) is 51.3 Å². The number of cyclic esters (lactones) is 1. The predicted molar refractivity (Wildman–Crippen MR) is 107 cm³/mol. The van der Waals surface area contributed by atoms with Gasteiger partial charge in [0.1, 0.15) is 18.0 Å². The lowest BCUT2D eigenvalue weighted by atomic mass is 9.89. The number of rotatable bonds is 9. The largest absolute Gasteiger partial charge is 0.497 e. The number of methoxy groups -OCH3 is 1. The molecule has 0 bridgehead atoms. The summed E-state index contributed by atoms with van der Waals surface area (Å²) >= 11 is 0. The Morgan fingerprint density at radius 1 is 1.13 bits per heavy atom. The Bertz CT molecular complexity index is 745. The third-order valence-electron chi connectivity index (χ3n) is 5.35. The highest BCUT2D eigenvalue weighted by Gasteiger charge is 2.47. The number of esters is 1. The van der Waals surface area contributed by atoms with Crippen molar-refractivity contribution in [1.29, 1.82) is 0 Å². The van der Waals surface area contributed by atoms with Gasteiger partial charge in [-0.25, -0.2) is 4.79 Å². The Morgan fingerprint density at radius 3 is 2.43 bits per heavy atom. The van der Waals surface area contributed by atoms with E-state index in [1.54, 1.807) is 7.11 Å². The van der Waals surface area contributed by atoms with Gasteiger partial charge in [0.25, 0.3) is 0 Å². The van der Waals surface area contributed by atoms with E-state index in [2.05, 4.69) is 0 Å². The van der Waals surface area contributed by atoms with Gasteiger partial charge in [0, 0.05) is 18.1 Å². The van der Waals surface area contributed by atoms with Gasteiger partial charge in [-0.2, -0.15) is 0 Å². The van der Waals surface area contributed by atoms with Crippen LogP contribution >= 0.6 is 0 Å². The maximum atomic E-state index is 11.3. The molecule has 8 heteroatoms. The monoisotopic (exact) mass is 422 g/mol. The molecule has 3 atom stereocenters. The zero-order chi connectivity index (χ0) is 21.8. The lowest BCUT2D eigenvalue weighted by molar-refractivity contribution is -0.271. The van der Waals surface area contributed by atoms with E-state index in [0.29, 0.717) is 12.2 Å². The average molecular weight is 422 g/mol. The van der Waals surface area contributed by atoms with Gasteiger partial charge in [-0.1, -0.05) is 12.1 Å². The summed E-state index contributed by atoms with van der Waals surface area (Å²) in [5, 5.41) is 21.4. The molecule has 3 rings (SSSR count). The second kappa shape index (κ2) is 9.45. The van der Waals surface area contributed by atoms with Gasteiger partial charge < -0.3 is 33.9 Å². The van der Waals surface area contributed by atoms with E-state index in [1.165, 1.54) is 6.08 Å². The number of hydrogen-bond acceptors (Lipinski definition) is 8. The maximum absolute atomic E-state index is 11.3. The zero-order valence-electron chi connectivity index (χ0n) is 17.6. The summed E-state index contributed by atoms with van der Waals surface area (Å²) in [5.74, 6) is 0.268. The van der Waals surface area contributed by atoms with Crippen molar-refractivity contribution in [2.75, 3.05) is 33.5 Å². The first kappa shape index (κ1) is 22.7. The number of carbonyl (C=O) groups excluding carboxylic acids is 1. The summed E-state index contributed by atoms with van der Waals surface area (Å²) in [5.41, 5.74) is -0.228. The molecule has 2 heterocycles. The Labute approximate surface area is 176 Å². The lowest BCUT2D eigenvalue weighted by Crippen LogP contribution is -2.60. The molecule has 2 aliphatic rings. The molecular weight excluding hydrogens is 392 g/mol. The number of benzene rings is 1. The van der Waals surface area contributed by atoms with Crippen LogP contribution in [0.25, 0.3) is 0 Å². The van der Waals surface area contributed by atoms with Crippen molar-refractivity contribution in [1.82, 2.24) is 0 Å². The quantitative estimate of drug-likeness (QED) is 0.575. The molecule has 2 aliphatic heterocycles. The van der Waals surface area contributed by atoms with Crippen LogP contribution in [-0.4, -0.2) is 73.1 Å². The predicted octanol–water partition coefficient (Wildman–Crippen LogP) is 1.37. The molecule has 0 saturated carbocycles. The van der Waals surface area contributed by atoms with E-state index in [-0.39, 0.29) is 32.8 Å². The fraction of sp³-hybridized carbons (Fsp3) is 0.591. The summed E-state index contributed by atoms with van der Waals surface area (Å²) in [7, 11) is 1.61. The number of ether oxygens (including phenoxy) is 5. The van der Waals surface area contributed by atoms with Crippen molar-refractivity contribution < 1.29 is 38.7 Å². The smallest absolute Gasteiger partial charge is 0.331 e. The summed E-state index contributed by atoms with van der Waals surface area (Å²) in [4.78, 5) is 11.3. The van der Waals surface area contributed by atoms with Gasteiger partial charge >= 0.3 is 5.97 Å². The second-order valence-corrected chi connectivity index (χ2v) is 8.34. The standard InChI is InChI=1S/C22H30O8/c1-21(2)12-30-22(14-29-21,13-27-10-15-4-6-17(26-3)7-5-15)19(24)9-18(23)16-8-20(25)28-11-16/h4-8,18-19,23-24H,9-14H2,1-3H3/t18-,19+,22?/m0/s1. The van der Waals surface area contributed by atoms with Crippen molar-refractivity contribution in [3.05, 3.63) is 41.5 Å².